The lowest BCUT2D eigenvalue weighted by Crippen LogP contribution is -2.27. The van der Waals surface area contributed by atoms with E-state index in [9.17, 15) is 4.79 Å². The van der Waals surface area contributed by atoms with Gasteiger partial charge in [0.1, 0.15) is 5.82 Å². The van der Waals surface area contributed by atoms with E-state index < -0.39 is 0 Å². The van der Waals surface area contributed by atoms with Gasteiger partial charge in [0.05, 0.1) is 0 Å². The minimum Gasteiger partial charge on any atom is -0.349 e. The Morgan fingerprint density at radius 1 is 1.25 bits per heavy atom. The molecule has 148 valence electrons. The Labute approximate surface area is 163 Å². The van der Waals surface area contributed by atoms with E-state index in [0.717, 1.165) is 37.1 Å². The molecule has 0 fully saturated rings. The van der Waals surface area contributed by atoms with E-state index in [1.807, 2.05) is 34.9 Å². The molecule has 2 aromatic heterocycles. The molecule has 0 aliphatic carbocycles. The van der Waals surface area contributed by atoms with Crippen LogP contribution in [0.2, 0.25) is 0 Å². The molecule has 8 heteroatoms. The van der Waals surface area contributed by atoms with Crippen LogP contribution >= 0.6 is 0 Å². The van der Waals surface area contributed by atoms with Gasteiger partial charge in [-0.05, 0) is 42.5 Å². The molecule has 0 saturated heterocycles. The normalized spacial score (nSPS) is 16.8. The van der Waals surface area contributed by atoms with Crippen molar-refractivity contribution in [1.82, 2.24) is 24.5 Å². The molecule has 3 aromatic rings. The topological polar surface area (TPSA) is 90.8 Å². The summed E-state index contributed by atoms with van der Waals surface area (Å²) in [5.74, 6) is 2.41. The molecular formula is C20H26N6O2. The Morgan fingerprint density at radius 2 is 2.07 bits per heavy atom. The molecule has 8 nitrogen and oxygen atoms in total. The monoisotopic (exact) mass is 382 g/mol. The van der Waals surface area contributed by atoms with Crippen molar-refractivity contribution in [3.63, 3.8) is 0 Å². The molecule has 0 saturated carbocycles. The quantitative estimate of drug-likeness (QED) is 0.705. The zero-order chi connectivity index (χ0) is 19.5. The van der Waals surface area contributed by atoms with E-state index in [4.69, 9.17) is 4.52 Å². The Balaban J connectivity index is 1.40. The number of benzene rings is 1. The fourth-order valence-electron chi connectivity index (χ4n) is 3.46. The predicted octanol–water partition coefficient (Wildman–Crippen LogP) is 2.96. The van der Waals surface area contributed by atoms with Crippen molar-refractivity contribution in [1.29, 1.82) is 0 Å². The largest absolute Gasteiger partial charge is 0.349 e. The van der Waals surface area contributed by atoms with Crippen LogP contribution in [0, 0.1) is 5.92 Å². The Hall–Kier alpha value is -2.90. The van der Waals surface area contributed by atoms with E-state index in [2.05, 4.69) is 34.4 Å². The van der Waals surface area contributed by atoms with Crippen LogP contribution in [0.1, 0.15) is 38.9 Å². The summed E-state index contributed by atoms with van der Waals surface area (Å²) in [6.07, 6.45) is 3.40. The number of nitrogens with zero attached hydrogens (tertiary/aromatic N) is 5. The first-order valence-corrected chi connectivity index (χ1v) is 9.92. The van der Waals surface area contributed by atoms with Crippen LogP contribution in [-0.4, -0.2) is 30.5 Å². The van der Waals surface area contributed by atoms with Crippen LogP contribution in [-0.2, 0) is 19.5 Å². The number of anilines is 1. The molecule has 1 aliphatic heterocycles. The minimum atomic E-state index is 0.00206. The van der Waals surface area contributed by atoms with Crippen LogP contribution in [0.3, 0.4) is 0 Å². The second-order valence-corrected chi connectivity index (χ2v) is 7.71. The first-order chi connectivity index (χ1) is 13.6. The summed E-state index contributed by atoms with van der Waals surface area (Å²) in [7, 11) is 0. The molecule has 1 aromatic carbocycles. The van der Waals surface area contributed by atoms with Gasteiger partial charge in [-0.25, -0.2) is 9.48 Å². The third-order valence-corrected chi connectivity index (χ3v) is 5.12. The van der Waals surface area contributed by atoms with Crippen LogP contribution in [0.25, 0.3) is 11.5 Å². The zero-order valence-electron chi connectivity index (χ0n) is 16.3. The number of aryl methyl sites for hydroxylation is 2. The van der Waals surface area contributed by atoms with E-state index in [-0.39, 0.29) is 11.7 Å². The second-order valence-electron chi connectivity index (χ2n) is 7.71. The summed E-state index contributed by atoms with van der Waals surface area (Å²) in [4.78, 5) is 17.0. The Morgan fingerprint density at radius 3 is 2.86 bits per heavy atom. The first-order valence-electron chi connectivity index (χ1n) is 9.92. The summed E-state index contributed by atoms with van der Waals surface area (Å²) in [6, 6.07) is 9.87. The number of fused-ring (bicyclic) bond motifs is 1. The average molecular weight is 382 g/mol. The summed E-state index contributed by atoms with van der Waals surface area (Å²) in [6.45, 7) is 5.65. The highest BCUT2D eigenvalue weighted by Crippen LogP contribution is 2.20. The maximum Gasteiger partial charge on any atom is 0.345 e. The number of aromatic nitrogens is 5. The molecule has 1 unspecified atom stereocenters. The maximum absolute atomic E-state index is 12.6. The molecule has 4 rings (SSSR count). The van der Waals surface area contributed by atoms with Crippen LogP contribution in [0.4, 0.5) is 5.95 Å². The highest BCUT2D eigenvalue weighted by Gasteiger charge is 2.22. The second kappa shape index (κ2) is 8.00. The van der Waals surface area contributed by atoms with Crippen molar-refractivity contribution in [3.05, 3.63) is 46.6 Å². The number of nitrogens with one attached hydrogen (secondary N) is 1. The molecule has 0 radical (unpaired) electrons. The van der Waals surface area contributed by atoms with Crippen molar-refractivity contribution >= 4 is 5.95 Å². The van der Waals surface area contributed by atoms with Gasteiger partial charge >= 0.3 is 5.69 Å². The lowest BCUT2D eigenvalue weighted by Gasteiger charge is -2.13. The van der Waals surface area contributed by atoms with Gasteiger partial charge in [0.2, 0.25) is 0 Å². The van der Waals surface area contributed by atoms with Gasteiger partial charge in [0.15, 0.2) is 0 Å². The smallest absolute Gasteiger partial charge is 0.345 e. The third-order valence-electron chi connectivity index (χ3n) is 5.12. The predicted molar refractivity (Wildman–Crippen MR) is 106 cm³/mol. The van der Waals surface area contributed by atoms with Crippen LogP contribution in [0.5, 0.6) is 0 Å². The number of hydrogen-bond acceptors (Lipinski definition) is 6. The van der Waals surface area contributed by atoms with Gasteiger partial charge in [0.25, 0.3) is 11.8 Å². The van der Waals surface area contributed by atoms with E-state index >= 15 is 0 Å². The maximum atomic E-state index is 12.6. The summed E-state index contributed by atoms with van der Waals surface area (Å²) < 4.78 is 8.79. The number of hydrogen-bond donors (Lipinski definition) is 1. The van der Waals surface area contributed by atoms with Crippen molar-refractivity contribution in [2.45, 2.75) is 58.7 Å². The molecule has 1 aliphatic rings. The minimum absolute atomic E-state index is 0.00206. The zero-order valence-corrected chi connectivity index (χ0v) is 16.3. The Kier molecular flexibility index (Phi) is 5.27. The average Bonchev–Trinajstić information content (AvgIpc) is 3.21. The summed E-state index contributed by atoms with van der Waals surface area (Å²) in [5.41, 5.74) is 0.897. The molecule has 1 atom stereocenters. The van der Waals surface area contributed by atoms with Gasteiger partial charge in [-0.3, -0.25) is 4.57 Å². The fraction of sp³-hybridized carbons (Fsp3) is 0.500. The van der Waals surface area contributed by atoms with Crippen LogP contribution in [0.15, 0.2) is 39.6 Å². The molecular weight excluding hydrogens is 356 g/mol. The fourth-order valence-corrected chi connectivity index (χ4v) is 3.46. The molecule has 28 heavy (non-hydrogen) atoms. The molecule has 1 N–H and O–H groups in total. The van der Waals surface area contributed by atoms with E-state index in [1.54, 1.807) is 4.68 Å². The van der Waals surface area contributed by atoms with Gasteiger partial charge in [-0.2, -0.15) is 10.1 Å². The summed E-state index contributed by atoms with van der Waals surface area (Å²) >= 11 is 0. The third kappa shape index (κ3) is 4.00. The standard InChI is InChI=1S/C20H26N6O2/c1-14(2)10-13-26-20(27)25-12-11-16(8-9-17(25)23-26)21-19-22-18(28-24-19)15-6-4-3-5-7-15/h3-7,14,16H,8-13H2,1-2H3,(H,21,24). The molecule has 0 spiro atoms. The van der Waals surface area contributed by atoms with Crippen molar-refractivity contribution in [2.24, 2.45) is 5.92 Å². The van der Waals surface area contributed by atoms with Gasteiger partial charge < -0.3 is 9.84 Å². The van der Waals surface area contributed by atoms with Gasteiger partial charge in [-0.1, -0.05) is 32.0 Å². The first kappa shape index (κ1) is 18.5. The van der Waals surface area contributed by atoms with Crippen molar-refractivity contribution < 1.29 is 4.52 Å². The molecule has 3 heterocycles. The Bertz CT molecular complexity index is 972. The van der Waals surface area contributed by atoms with Crippen molar-refractivity contribution in [3.8, 4) is 11.5 Å². The highest BCUT2D eigenvalue weighted by atomic mass is 16.5. The SMILES string of the molecule is CC(C)CCn1nc2n(c1=O)CCC(Nc1noc(-c3ccccc3)n1)CC2. The van der Waals surface area contributed by atoms with E-state index in [0.29, 0.717) is 30.8 Å². The van der Waals surface area contributed by atoms with E-state index in [1.165, 1.54) is 0 Å². The van der Waals surface area contributed by atoms with Gasteiger partial charge in [-0.15, -0.1) is 0 Å². The highest BCUT2D eigenvalue weighted by molar-refractivity contribution is 5.53. The number of rotatable bonds is 6. The lowest BCUT2D eigenvalue weighted by molar-refractivity contribution is 0.430. The van der Waals surface area contributed by atoms with Crippen LogP contribution < -0.4 is 11.0 Å². The molecule has 0 amide bonds. The molecule has 0 bridgehead atoms. The summed E-state index contributed by atoms with van der Waals surface area (Å²) in [5, 5.41) is 11.9. The van der Waals surface area contributed by atoms with Gasteiger partial charge in [0, 0.05) is 31.1 Å². The lowest BCUT2D eigenvalue weighted by atomic mass is 10.1. The van der Waals surface area contributed by atoms with Crippen molar-refractivity contribution in [2.75, 3.05) is 5.32 Å².